The van der Waals surface area contributed by atoms with Crippen LogP contribution in [0.5, 0.6) is 0 Å². The van der Waals surface area contributed by atoms with Gasteiger partial charge in [0, 0.05) is 0 Å². The van der Waals surface area contributed by atoms with Gasteiger partial charge in [-0.1, -0.05) is 0 Å². The Morgan fingerprint density at radius 2 is 1.17 bits per heavy atom. The van der Waals surface area contributed by atoms with E-state index in [1.54, 1.807) is 13.8 Å². The molecule has 0 radical (unpaired) electrons. The molecule has 2 nitrogen and oxygen atoms in total. The summed E-state index contributed by atoms with van der Waals surface area (Å²) in [6, 6.07) is 0. The molecule has 12 heavy (non-hydrogen) atoms. The summed E-state index contributed by atoms with van der Waals surface area (Å²) in [6.07, 6.45) is 0. The Kier molecular flexibility index (Phi) is 2.98. The first-order valence-electron chi connectivity index (χ1n) is 4.38. The summed E-state index contributed by atoms with van der Waals surface area (Å²) in [4.78, 5) is 0. The molecule has 0 rings (SSSR count). The van der Waals surface area contributed by atoms with Crippen molar-refractivity contribution >= 4 is 0 Å². The molecule has 0 spiro atoms. The minimum atomic E-state index is -0.819. The van der Waals surface area contributed by atoms with Crippen molar-refractivity contribution in [1.29, 1.82) is 0 Å². The van der Waals surface area contributed by atoms with Crippen LogP contribution < -0.4 is 0 Å². The van der Waals surface area contributed by atoms with Crippen molar-refractivity contribution in [3.8, 4) is 0 Å². The highest BCUT2D eigenvalue weighted by Gasteiger charge is 2.38. The molecule has 0 aliphatic carbocycles. The largest absolute Gasteiger partial charge is 0.387 e. The second-order valence-electron chi connectivity index (χ2n) is 5.28. The Hall–Kier alpha value is -0.0800. The topological polar surface area (TPSA) is 29.5 Å². The molecule has 74 valence electrons. The molecule has 2 heteroatoms. The maximum Gasteiger partial charge on any atom is 0.0913 e. The van der Waals surface area contributed by atoms with Crippen molar-refractivity contribution < 1.29 is 9.84 Å². The van der Waals surface area contributed by atoms with E-state index in [-0.39, 0.29) is 5.60 Å². The zero-order valence-electron chi connectivity index (χ0n) is 9.36. The van der Waals surface area contributed by atoms with Gasteiger partial charge >= 0.3 is 0 Å². The lowest BCUT2D eigenvalue weighted by molar-refractivity contribution is -0.197. The van der Waals surface area contributed by atoms with E-state index in [2.05, 4.69) is 0 Å². The predicted octanol–water partition coefficient (Wildman–Crippen LogP) is 2.35. The van der Waals surface area contributed by atoms with Gasteiger partial charge in [-0.15, -0.1) is 0 Å². The van der Waals surface area contributed by atoms with E-state index in [1.807, 2.05) is 34.6 Å². The molecule has 0 saturated heterocycles. The Labute approximate surface area is 75.9 Å². The van der Waals surface area contributed by atoms with Crippen LogP contribution in [0.3, 0.4) is 0 Å². The molecule has 0 amide bonds. The Bertz CT molecular complexity index is 146. The van der Waals surface area contributed by atoms with Crippen LogP contribution in [0, 0.1) is 0 Å². The number of hydrogen-bond acceptors (Lipinski definition) is 2. The fraction of sp³-hybridized carbons (Fsp3) is 1.00. The fourth-order valence-electron chi connectivity index (χ4n) is 0.890. The lowest BCUT2D eigenvalue weighted by Gasteiger charge is -2.41. The first kappa shape index (κ1) is 11.9. The van der Waals surface area contributed by atoms with Gasteiger partial charge in [0.1, 0.15) is 0 Å². The molecular formula is C10H22O2. The third kappa shape index (κ3) is 3.55. The van der Waals surface area contributed by atoms with Gasteiger partial charge in [0.15, 0.2) is 0 Å². The molecule has 0 aromatic heterocycles. The van der Waals surface area contributed by atoms with Crippen molar-refractivity contribution in [2.75, 3.05) is 0 Å². The van der Waals surface area contributed by atoms with Crippen LogP contribution in [0.25, 0.3) is 0 Å². The van der Waals surface area contributed by atoms with E-state index in [4.69, 9.17) is 4.74 Å². The quantitative estimate of drug-likeness (QED) is 0.696. The molecule has 0 aromatic rings. The van der Waals surface area contributed by atoms with Gasteiger partial charge in [-0.05, 0) is 48.5 Å². The van der Waals surface area contributed by atoms with Crippen LogP contribution in [-0.2, 0) is 4.74 Å². The second kappa shape index (κ2) is 3.00. The van der Waals surface area contributed by atoms with Crippen LogP contribution >= 0.6 is 0 Å². The molecule has 0 fully saturated rings. The average molecular weight is 174 g/mol. The van der Waals surface area contributed by atoms with Crippen molar-refractivity contribution in [2.24, 2.45) is 0 Å². The van der Waals surface area contributed by atoms with E-state index >= 15 is 0 Å². The van der Waals surface area contributed by atoms with Crippen LogP contribution in [0.2, 0.25) is 0 Å². The molecule has 0 aromatic carbocycles. The summed E-state index contributed by atoms with van der Waals surface area (Å²) < 4.78 is 5.74. The van der Waals surface area contributed by atoms with Gasteiger partial charge in [0.05, 0.1) is 16.8 Å². The van der Waals surface area contributed by atoms with Gasteiger partial charge in [-0.2, -0.15) is 0 Å². The number of aliphatic hydroxyl groups is 1. The minimum absolute atomic E-state index is 0.219. The van der Waals surface area contributed by atoms with Crippen LogP contribution in [-0.4, -0.2) is 21.9 Å². The Morgan fingerprint density at radius 1 is 0.833 bits per heavy atom. The second-order valence-corrected chi connectivity index (χ2v) is 5.28. The smallest absolute Gasteiger partial charge is 0.0913 e. The summed E-state index contributed by atoms with van der Waals surface area (Å²) >= 11 is 0. The molecule has 0 saturated carbocycles. The van der Waals surface area contributed by atoms with Gasteiger partial charge in [-0.3, -0.25) is 0 Å². The van der Waals surface area contributed by atoms with Crippen molar-refractivity contribution in [3.63, 3.8) is 0 Å². The Morgan fingerprint density at radius 3 is 1.25 bits per heavy atom. The zero-order valence-corrected chi connectivity index (χ0v) is 9.36. The predicted molar refractivity (Wildman–Crippen MR) is 51.2 cm³/mol. The third-order valence-electron chi connectivity index (χ3n) is 2.03. The highest BCUT2D eigenvalue weighted by molar-refractivity contribution is 4.89. The normalized spacial score (nSPS) is 15.0. The maximum atomic E-state index is 9.78. The van der Waals surface area contributed by atoms with Crippen LogP contribution in [0.1, 0.15) is 48.5 Å². The SMILES string of the molecule is CC(C)(C)OC(C)(C)C(C)(C)O. The minimum Gasteiger partial charge on any atom is -0.387 e. The zero-order chi connectivity index (χ0) is 10.2. The van der Waals surface area contributed by atoms with Gasteiger partial charge in [0.25, 0.3) is 0 Å². The molecule has 0 atom stereocenters. The first-order valence-corrected chi connectivity index (χ1v) is 4.38. The molecule has 1 N–H and O–H groups in total. The van der Waals surface area contributed by atoms with Crippen molar-refractivity contribution in [3.05, 3.63) is 0 Å². The molecule has 0 bridgehead atoms. The summed E-state index contributed by atoms with van der Waals surface area (Å²) in [5.41, 5.74) is -1.56. The monoisotopic (exact) mass is 174 g/mol. The summed E-state index contributed by atoms with van der Waals surface area (Å²) in [5, 5.41) is 9.78. The molecule has 0 heterocycles. The number of hydrogen-bond donors (Lipinski definition) is 1. The highest BCUT2D eigenvalue weighted by atomic mass is 16.5. The summed E-state index contributed by atoms with van der Waals surface area (Å²) in [5.74, 6) is 0. The lowest BCUT2D eigenvalue weighted by atomic mass is 9.88. The Balaban J connectivity index is 4.44. The summed E-state index contributed by atoms with van der Waals surface area (Å²) in [6.45, 7) is 13.3. The van der Waals surface area contributed by atoms with Crippen molar-refractivity contribution in [2.45, 2.75) is 65.3 Å². The van der Waals surface area contributed by atoms with E-state index in [0.717, 1.165) is 0 Å². The first-order chi connectivity index (χ1) is 4.96. The van der Waals surface area contributed by atoms with Crippen LogP contribution in [0.4, 0.5) is 0 Å². The van der Waals surface area contributed by atoms with E-state index < -0.39 is 11.2 Å². The standard InChI is InChI=1S/C10H22O2/c1-8(2,3)12-10(6,7)9(4,5)11/h11H,1-7H3. The van der Waals surface area contributed by atoms with Crippen LogP contribution in [0.15, 0.2) is 0 Å². The van der Waals surface area contributed by atoms with E-state index in [1.165, 1.54) is 0 Å². The molecular weight excluding hydrogens is 152 g/mol. The summed E-state index contributed by atoms with van der Waals surface area (Å²) in [7, 11) is 0. The average Bonchev–Trinajstić information content (AvgIpc) is 1.52. The van der Waals surface area contributed by atoms with Gasteiger partial charge in [-0.25, -0.2) is 0 Å². The van der Waals surface area contributed by atoms with E-state index in [0.29, 0.717) is 0 Å². The van der Waals surface area contributed by atoms with Gasteiger partial charge < -0.3 is 9.84 Å². The molecule has 0 aliphatic rings. The highest BCUT2D eigenvalue weighted by Crippen LogP contribution is 2.29. The third-order valence-corrected chi connectivity index (χ3v) is 2.03. The molecule has 0 aliphatic heterocycles. The maximum absolute atomic E-state index is 9.78. The van der Waals surface area contributed by atoms with Gasteiger partial charge in [0.2, 0.25) is 0 Å². The fourth-order valence-corrected chi connectivity index (χ4v) is 0.890. The lowest BCUT2D eigenvalue weighted by Crippen LogP contribution is -2.50. The number of rotatable bonds is 2. The molecule has 0 unspecified atom stereocenters. The van der Waals surface area contributed by atoms with Crippen molar-refractivity contribution in [1.82, 2.24) is 0 Å². The number of ether oxygens (including phenoxy) is 1. The van der Waals surface area contributed by atoms with E-state index in [9.17, 15) is 5.11 Å².